The van der Waals surface area contributed by atoms with Gasteiger partial charge in [0.25, 0.3) is 0 Å². The number of aliphatic hydroxyl groups excluding tert-OH is 1. The van der Waals surface area contributed by atoms with Crippen molar-refractivity contribution in [2.24, 2.45) is 0 Å². The number of aromatic nitrogens is 1. The lowest BCUT2D eigenvalue weighted by atomic mass is 10.1. The molecule has 112 valence electrons. The molecule has 2 rings (SSSR count). The predicted octanol–water partition coefficient (Wildman–Crippen LogP) is 5.14. The Kier molecular flexibility index (Phi) is 4.68. The van der Waals surface area contributed by atoms with Gasteiger partial charge in [0.05, 0.1) is 16.3 Å². The van der Waals surface area contributed by atoms with Gasteiger partial charge in [-0.05, 0) is 18.2 Å². The minimum atomic E-state index is -4.56. The zero-order valence-electron chi connectivity index (χ0n) is 10.1. The Morgan fingerprint density at radius 3 is 2.24 bits per heavy atom. The molecule has 1 aromatic heterocycles. The van der Waals surface area contributed by atoms with E-state index < -0.39 is 17.8 Å². The third kappa shape index (κ3) is 3.61. The van der Waals surface area contributed by atoms with Gasteiger partial charge in [0.15, 0.2) is 0 Å². The first-order valence-corrected chi connectivity index (χ1v) is 6.69. The van der Waals surface area contributed by atoms with Crippen LogP contribution in [0, 0.1) is 0 Å². The first-order chi connectivity index (χ1) is 9.70. The minimum Gasteiger partial charge on any atom is -0.382 e. The summed E-state index contributed by atoms with van der Waals surface area (Å²) in [6, 6.07) is 5.05. The number of alkyl halides is 3. The molecule has 2 nitrogen and oxygen atoms in total. The van der Waals surface area contributed by atoms with Gasteiger partial charge in [-0.1, -0.05) is 40.9 Å². The smallest absolute Gasteiger partial charge is 0.382 e. The van der Waals surface area contributed by atoms with E-state index in [-0.39, 0.29) is 21.3 Å². The zero-order chi connectivity index (χ0) is 15.8. The molecule has 1 aromatic carbocycles. The highest BCUT2D eigenvalue weighted by Crippen LogP contribution is 2.35. The number of rotatable bonds is 2. The normalized spacial score (nSPS) is 13.3. The molecule has 1 heterocycles. The lowest BCUT2D eigenvalue weighted by Gasteiger charge is -2.15. The summed E-state index contributed by atoms with van der Waals surface area (Å²) in [5, 5.41) is 10.4. The monoisotopic (exact) mass is 355 g/mol. The molecule has 0 saturated heterocycles. The van der Waals surface area contributed by atoms with Crippen molar-refractivity contribution in [2.45, 2.75) is 12.3 Å². The molecular weight excluding hydrogens is 350 g/mol. The molecule has 0 aliphatic rings. The fourth-order valence-corrected chi connectivity index (χ4v) is 2.46. The van der Waals surface area contributed by atoms with Crippen molar-refractivity contribution in [2.75, 3.05) is 0 Å². The molecule has 0 bridgehead atoms. The molecule has 1 unspecified atom stereocenters. The summed E-state index contributed by atoms with van der Waals surface area (Å²) in [6.45, 7) is 0. The Morgan fingerprint density at radius 1 is 1.05 bits per heavy atom. The topological polar surface area (TPSA) is 33.1 Å². The molecule has 0 saturated carbocycles. The van der Waals surface area contributed by atoms with Crippen LogP contribution in [0.2, 0.25) is 15.1 Å². The van der Waals surface area contributed by atoms with Crippen LogP contribution in [0.25, 0.3) is 0 Å². The number of benzene rings is 1. The summed E-state index contributed by atoms with van der Waals surface area (Å²) in [7, 11) is 0. The number of hydrogen-bond donors (Lipinski definition) is 1. The van der Waals surface area contributed by atoms with Crippen molar-refractivity contribution in [3.8, 4) is 0 Å². The van der Waals surface area contributed by atoms with Crippen LogP contribution in [0.4, 0.5) is 13.2 Å². The van der Waals surface area contributed by atoms with E-state index in [1.165, 1.54) is 18.2 Å². The van der Waals surface area contributed by atoms with Crippen molar-refractivity contribution in [3.63, 3.8) is 0 Å². The van der Waals surface area contributed by atoms with Crippen LogP contribution in [0.5, 0.6) is 0 Å². The van der Waals surface area contributed by atoms with Crippen LogP contribution in [-0.2, 0) is 6.18 Å². The van der Waals surface area contributed by atoms with E-state index in [4.69, 9.17) is 34.8 Å². The molecule has 0 fully saturated rings. The van der Waals surface area contributed by atoms with E-state index in [0.717, 1.165) is 0 Å². The Morgan fingerprint density at radius 2 is 1.71 bits per heavy atom. The summed E-state index contributed by atoms with van der Waals surface area (Å²) < 4.78 is 37.6. The van der Waals surface area contributed by atoms with Crippen molar-refractivity contribution in [1.29, 1.82) is 0 Å². The molecule has 8 heteroatoms. The molecule has 1 N–H and O–H groups in total. The summed E-state index contributed by atoms with van der Waals surface area (Å²) in [5.41, 5.74) is -0.866. The average Bonchev–Trinajstić information content (AvgIpc) is 2.36. The SMILES string of the molecule is OC(c1ccc(Cl)cc1Cl)c1ncc(C(F)(F)F)cc1Cl. The standard InChI is InChI=1S/C13H7Cl3F3NO/c14-7-1-2-8(9(15)4-7)12(21)11-10(16)3-6(5-20-11)13(17,18)19/h1-5,12,21H. The largest absolute Gasteiger partial charge is 0.417 e. The van der Waals surface area contributed by atoms with Crippen LogP contribution >= 0.6 is 34.8 Å². The van der Waals surface area contributed by atoms with E-state index in [9.17, 15) is 18.3 Å². The highest BCUT2D eigenvalue weighted by molar-refractivity contribution is 6.35. The van der Waals surface area contributed by atoms with Crippen LogP contribution in [0.1, 0.15) is 22.9 Å². The third-order valence-corrected chi connectivity index (χ3v) is 3.58. The first kappa shape index (κ1) is 16.4. The zero-order valence-corrected chi connectivity index (χ0v) is 12.4. The molecule has 0 amide bonds. The fraction of sp³-hybridized carbons (Fsp3) is 0.154. The van der Waals surface area contributed by atoms with E-state index in [2.05, 4.69) is 4.98 Å². The fourth-order valence-electron chi connectivity index (χ4n) is 1.68. The molecule has 0 aliphatic carbocycles. The van der Waals surface area contributed by atoms with E-state index in [0.29, 0.717) is 17.3 Å². The highest BCUT2D eigenvalue weighted by atomic mass is 35.5. The van der Waals surface area contributed by atoms with E-state index >= 15 is 0 Å². The van der Waals surface area contributed by atoms with Gasteiger partial charge in [0.2, 0.25) is 0 Å². The molecule has 0 radical (unpaired) electrons. The van der Waals surface area contributed by atoms with Crippen LogP contribution in [0.3, 0.4) is 0 Å². The lowest BCUT2D eigenvalue weighted by Crippen LogP contribution is -2.09. The van der Waals surface area contributed by atoms with E-state index in [1.807, 2.05) is 0 Å². The van der Waals surface area contributed by atoms with Gasteiger partial charge in [-0.25, -0.2) is 0 Å². The van der Waals surface area contributed by atoms with Gasteiger partial charge in [-0.15, -0.1) is 0 Å². The van der Waals surface area contributed by atoms with E-state index in [1.54, 1.807) is 0 Å². The van der Waals surface area contributed by atoms with Gasteiger partial charge in [-0.3, -0.25) is 4.98 Å². The van der Waals surface area contributed by atoms with Crippen LogP contribution in [-0.4, -0.2) is 10.1 Å². The van der Waals surface area contributed by atoms with Crippen LogP contribution in [0.15, 0.2) is 30.5 Å². The van der Waals surface area contributed by atoms with Gasteiger partial charge < -0.3 is 5.11 Å². The molecule has 21 heavy (non-hydrogen) atoms. The Bertz CT molecular complexity index is 676. The Hall–Kier alpha value is -1.01. The van der Waals surface area contributed by atoms with Crippen LogP contribution < -0.4 is 0 Å². The number of pyridine rings is 1. The Balaban J connectivity index is 2.42. The third-order valence-electron chi connectivity index (χ3n) is 2.71. The second kappa shape index (κ2) is 6.01. The van der Waals surface area contributed by atoms with Gasteiger partial charge in [-0.2, -0.15) is 13.2 Å². The quantitative estimate of drug-likeness (QED) is 0.808. The maximum atomic E-state index is 12.5. The van der Waals surface area contributed by atoms with Gasteiger partial charge >= 0.3 is 6.18 Å². The van der Waals surface area contributed by atoms with Crippen molar-refractivity contribution in [1.82, 2.24) is 4.98 Å². The summed E-state index contributed by atoms with van der Waals surface area (Å²) in [4.78, 5) is 3.59. The first-order valence-electron chi connectivity index (χ1n) is 5.56. The summed E-state index contributed by atoms with van der Waals surface area (Å²) in [5.74, 6) is 0. The number of halogens is 6. The van der Waals surface area contributed by atoms with Gasteiger partial charge in [0.1, 0.15) is 6.10 Å². The average molecular weight is 357 g/mol. The van der Waals surface area contributed by atoms with Crippen molar-refractivity contribution >= 4 is 34.8 Å². The predicted molar refractivity (Wildman–Crippen MR) is 74.8 cm³/mol. The molecule has 1 atom stereocenters. The molecular formula is C13H7Cl3F3NO. The lowest BCUT2D eigenvalue weighted by molar-refractivity contribution is -0.137. The number of nitrogens with zero attached hydrogens (tertiary/aromatic N) is 1. The molecule has 0 aliphatic heterocycles. The maximum absolute atomic E-state index is 12.5. The number of hydrogen-bond acceptors (Lipinski definition) is 2. The Labute approximate surface area is 133 Å². The molecule has 2 aromatic rings. The van der Waals surface area contributed by atoms with Gasteiger partial charge in [0, 0.05) is 21.8 Å². The molecule has 0 spiro atoms. The maximum Gasteiger partial charge on any atom is 0.417 e. The highest BCUT2D eigenvalue weighted by Gasteiger charge is 2.32. The second-order valence-electron chi connectivity index (χ2n) is 4.16. The van der Waals surface area contributed by atoms with Crippen molar-refractivity contribution < 1.29 is 18.3 Å². The summed E-state index contributed by atoms with van der Waals surface area (Å²) >= 11 is 17.4. The second-order valence-corrected chi connectivity index (χ2v) is 5.41. The minimum absolute atomic E-state index is 0.117. The van der Waals surface area contributed by atoms with Crippen molar-refractivity contribution in [3.05, 3.63) is 62.4 Å². The number of aliphatic hydroxyl groups is 1. The summed E-state index contributed by atoms with van der Waals surface area (Å²) in [6.07, 6.45) is -5.31.